The molecule has 0 aliphatic carbocycles. The molecule has 1 rings (SSSR count). The first-order valence-electron chi connectivity index (χ1n) is 3.12. The Morgan fingerprint density at radius 1 is 1.73 bits per heavy atom. The van der Waals surface area contributed by atoms with Crippen molar-refractivity contribution in [3.8, 4) is 0 Å². The van der Waals surface area contributed by atoms with Crippen molar-refractivity contribution in [1.82, 2.24) is 10.2 Å². The molecule has 0 radical (unpaired) electrons. The highest BCUT2D eigenvalue weighted by atomic mass is 35.7. The Labute approximate surface area is 74.6 Å². The maximum Gasteiger partial charge on any atom is 0.406 e. The minimum absolute atomic E-state index is 0.0714. The molecular formula is C4H8Cl2N2O2Si. The van der Waals surface area contributed by atoms with E-state index in [-0.39, 0.29) is 12.2 Å². The first-order valence-corrected chi connectivity index (χ1v) is 7.30. The van der Waals surface area contributed by atoms with Crippen LogP contribution in [0.25, 0.3) is 0 Å². The summed E-state index contributed by atoms with van der Waals surface area (Å²) in [4.78, 5) is 21.3. The maximum absolute atomic E-state index is 10.9. The van der Waals surface area contributed by atoms with Crippen molar-refractivity contribution in [2.45, 2.75) is 0 Å². The zero-order valence-electron chi connectivity index (χ0n) is 5.68. The number of hydrogen-bond donors (Lipinski definition) is 2. The average molecular weight is 215 g/mol. The predicted octanol–water partition coefficient (Wildman–Crippen LogP) is -0.0404. The fraction of sp³-hybridized carbons (Fsp3) is 0.750. The normalized spacial score (nSPS) is 18.8. The summed E-state index contributed by atoms with van der Waals surface area (Å²) in [5, 5.41) is 2.57. The lowest BCUT2D eigenvalue weighted by Crippen LogP contribution is -2.41. The van der Waals surface area contributed by atoms with E-state index in [1.54, 1.807) is 0 Å². The van der Waals surface area contributed by atoms with Gasteiger partial charge in [0.05, 0.1) is 6.17 Å². The quantitative estimate of drug-likeness (QED) is 0.501. The fourth-order valence-electron chi connectivity index (χ4n) is 0.892. The molecule has 0 aromatic rings. The Kier molecular flexibility index (Phi) is 2.64. The van der Waals surface area contributed by atoms with Crippen LogP contribution < -0.4 is 5.32 Å². The van der Waals surface area contributed by atoms with Crippen molar-refractivity contribution in [1.29, 1.82) is 0 Å². The summed E-state index contributed by atoms with van der Waals surface area (Å²) in [6, 6.07) is -0.211. The van der Waals surface area contributed by atoms with E-state index in [2.05, 4.69) is 5.32 Å². The molecule has 7 heteroatoms. The lowest BCUT2D eigenvalue weighted by Gasteiger charge is -2.17. The van der Waals surface area contributed by atoms with E-state index in [1.165, 1.54) is 4.90 Å². The molecule has 0 aromatic carbocycles. The molecule has 0 atom stereocenters. The highest BCUT2D eigenvalue weighted by Crippen LogP contribution is 2.12. The molecule has 4 nitrogen and oxygen atoms in total. The van der Waals surface area contributed by atoms with E-state index >= 15 is 0 Å². The maximum atomic E-state index is 10.9. The van der Waals surface area contributed by atoms with Crippen LogP contribution in [0.15, 0.2) is 0 Å². The number of halogens is 2. The number of amides is 2. The van der Waals surface area contributed by atoms with Gasteiger partial charge in [-0.05, 0) is 0 Å². The first-order chi connectivity index (χ1) is 4.99. The second kappa shape index (κ2) is 3.18. The van der Waals surface area contributed by atoms with Gasteiger partial charge >= 0.3 is 13.0 Å². The lowest BCUT2D eigenvalue weighted by atomic mass is 10.7. The van der Waals surface area contributed by atoms with Crippen LogP contribution in [-0.2, 0) is 0 Å². The SMILES string of the molecule is O=C1NCCN1C[Si](O)(Cl)Cl. The first kappa shape index (κ1) is 9.12. The Balaban J connectivity index is 2.43. The fourth-order valence-corrected chi connectivity index (χ4v) is 2.52. The third-order valence-corrected chi connectivity index (χ3v) is 2.81. The molecular weight excluding hydrogens is 207 g/mol. The van der Waals surface area contributed by atoms with Crippen LogP contribution in [0, 0.1) is 0 Å². The van der Waals surface area contributed by atoms with E-state index < -0.39 is 6.94 Å². The second-order valence-electron chi connectivity index (χ2n) is 2.32. The van der Waals surface area contributed by atoms with Crippen molar-refractivity contribution < 1.29 is 9.59 Å². The molecule has 2 amide bonds. The predicted molar refractivity (Wildman–Crippen MR) is 44.7 cm³/mol. The molecule has 1 fully saturated rings. The summed E-state index contributed by atoms with van der Waals surface area (Å²) < 4.78 is 0. The number of rotatable bonds is 2. The van der Waals surface area contributed by atoms with Crippen molar-refractivity contribution >= 4 is 35.1 Å². The Morgan fingerprint density at radius 2 is 2.36 bits per heavy atom. The van der Waals surface area contributed by atoms with Crippen LogP contribution in [-0.4, -0.2) is 41.9 Å². The smallest absolute Gasteiger partial charge is 0.406 e. The minimum atomic E-state index is -3.15. The van der Waals surface area contributed by atoms with Gasteiger partial charge in [-0.25, -0.2) is 4.79 Å². The Bertz CT molecular complexity index is 172. The lowest BCUT2D eigenvalue weighted by molar-refractivity contribution is 0.222. The molecule has 1 saturated heterocycles. The van der Waals surface area contributed by atoms with Crippen LogP contribution in [0.4, 0.5) is 4.79 Å². The number of nitrogens with zero attached hydrogens (tertiary/aromatic N) is 1. The van der Waals surface area contributed by atoms with Gasteiger partial charge in [0.1, 0.15) is 0 Å². The van der Waals surface area contributed by atoms with Crippen molar-refractivity contribution in [2.75, 3.05) is 19.3 Å². The van der Waals surface area contributed by atoms with Crippen LogP contribution in [0.1, 0.15) is 0 Å². The van der Waals surface area contributed by atoms with Gasteiger partial charge in [0.15, 0.2) is 0 Å². The van der Waals surface area contributed by atoms with Crippen molar-refractivity contribution in [3.05, 3.63) is 0 Å². The number of urea groups is 1. The molecule has 2 N–H and O–H groups in total. The van der Waals surface area contributed by atoms with Crippen molar-refractivity contribution in [2.24, 2.45) is 0 Å². The summed E-state index contributed by atoms with van der Waals surface area (Å²) in [6.45, 7) is -2.00. The van der Waals surface area contributed by atoms with E-state index in [0.29, 0.717) is 13.1 Å². The molecule has 1 aliphatic heterocycles. The highest BCUT2D eigenvalue weighted by Gasteiger charge is 2.33. The topological polar surface area (TPSA) is 52.6 Å². The van der Waals surface area contributed by atoms with Gasteiger partial charge in [-0.3, -0.25) is 0 Å². The monoisotopic (exact) mass is 214 g/mol. The second-order valence-corrected chi connectivity index (χ2v) is 8.30. The van der Waals surface area contributed by atoms with E-state index in [1.807, 2.05) is 0 Å². The third-order valence-electron chi connectivity index (χ3n) is 1.33. The van der Waals surface area contributed by atoms with Gasteiger partial charge in [-0.1, -0.05) is 0 Å². The molecule has 1 aliphatic rings. The van der Waals surface area contributed by atoms with Gasteiger partial charge in [-0.2, -0.15) is 0 Å². The van der Waals surface area contributed by atoms with E-state index in [9.17, 15) is 4.79 Å². The zero-order valence-corrected chi connectivity index (χ0v) is 8.19. The molecule has 11 heavy (non-hydrogen) atoms. The Hall–Kier alpha value is 0.0269. The average Bonchev–Trinajstić information content (AvgIpc) is 2.12. The minimum Gasteiger partial charge on any atom is -0.408 e. The van der Waals surface area contributed by atoms with Crippen LogP contribution in [0.2, 0.25) is 0 Å². The molecule has 0 spiro atoms. The summed E-state index contributed by atoms with van der Waals surface area (Å²) >= 11 is 10.8. The number of hydrogen-bond acceptors (Lipinski definition) is 2. The number of carbonyl (C=O) groups is 1. The highest BCUT2D eigenvalue weighted by molar-refractivity contribution is 7.41. The molecule has 0 bridgehead atoms. The van der Waals surface area contributed by atoms with Crippen LogP contribution >= 0.6 is 22.2 Å². The summed E-state index contributed by atoms with van der Waals surface area (Å²) in [5.41, 5.74) is 0. The summed E-state index contributed by atoms with van der Waals surface area (Å²) in [6.07, 6.45) is 0.0714. The third kappa shape index (κ3) is 2.86. The molecule has 0 unspecified atom stereocenters. The zero-order chi connectivity index (χ0) is 8.48. The van der Waals surface area contributed by atoms with Gasteiger partial charge in [0, 0.05) is 13.1 Å². The van der Waals surface area contributed by atoms with Gasteiger partial charge < -0.3 is 15.0 Å². The Morgan fingerprint density at radius 3 is 2.73 bits per heavy atom. The molecule has 0 aromatic heterocycles. The van der Waals surface area contributed by atoms with Gasteiger partial charge in [-0.15, -0.1) is 22.2 Å². The van der Waals surface area contributed by atoms with E-state index in [4.69, 9.17) is 27.0 Å². The number of carbonyl (C=O) groups excluding carboxylic acids is 1. The van der Waals surface area contributed by atoms with Gasteiger partial charge in [0.25, 0.3) is 0 Å². The molecule has 1 heterocycles. The largest absolute Gasteiger partial charge is 0.408 e. The van der Waals surface area contributed by atoms with Crippen LogP contribution in [0.5, 0.6) is 0 Å². The van der Waals surface area contributed by atoms with Gasteiger partial charge in [0.2, 0.25) is 0 Å². The van der Waals surface area contributed by atoms with E-state index in [0.717, 1.165) is 0 Å². The summed E-state index contributed by atoms with van der Waals surface area (Å²) in [7, 11) is 0. The molecule has 0 saturated carbocycles. The number of nitrogens with one attached hydrogen (secondary N) is 1. The molecule has 64 valence electrons. The van der Waals surface area contributed by atoms with Crippen LogP contribution in [0.3, 0.4) is 0 Å². The summed E-state index contributed by atoms with van der Waals surface area (Å²) in [5.74, 6) is 0. The van der Waals surface area contributed by atoms with Crippen molar-refractivity contribution in [3.63, 3.8) is 0 Å². The standard InChI is InChI=1S/C4H8Cl2N2O2Si/c5-11(6,10)3-8-2-1-7-4(8)9/h10H,1-3H2,(H,7,9).